The third-order valence-corrected chi connectivity index (χ3v) is 9.26. The zero-order valence-electron chi connectivity index (χ0n) is 27.5. The van der Waals surface area contributed by atoms with E-state index >= 15 is 0 Å². The third kappa shape index (κ3) is 9.63. The van der Waals surface area contributed by atoms with E-state index in [4.69, 9.17) is 26.8 Å². The number of primary amides is 1. The smallest absolute Gasteiger partial charge is 0.260 e. The van der Waals surface area contributed by atoms with Crippen LogP contribution < -0.4 is 24.8 Å². The van der Waals surface area contributed by atoms with E-state index in [-0.39, 0.29) is 42.2 Å². The van der Waals surface area contributed by atoms with Crippen LogP contribution in [0.5, 0.6) is 17.2 Å². The molecule has 4 aromatic carbocycles. The molecule has 0 spiro atoms. The van der Waals surface area contributed by atoms with Gasteiger partial charge in [-0.05, 0) is 73.4 Å². The van der Waals surface area contributed by atoms with Crippen molar-refractivity contribution in [1.82, 2.24) is 4.90 Å². The number of amides is 2. The number of sulfonamides is 1. The van der Waals surface area contributed by atoms with Crippen LogP contribution in [-0.2, 0) is 32.7 Å². The molecule has 2 amide bonds. The Bertz CT molecular complexity index is 1970. The predicted octanol–water partition coefficient (Wildman–Crippen LogP) is 6.40. The highest BCUT2D eigenvalue weighted by Crippen LogP contribution is 2.33. The van der Waals surface area contributed by atoms with Gasteiger partial charge in [0.05, 0.1) is 17.0 Å². The van der Waals surface area contributed by atoms with Crippen LogP contribution in [0.15, 0.2) is 78.9 Å². The molecular weight excluding hydrogens is 690 g/mol. The first-order valence-electron chi connectivity index (χ1n) is 15.8. The van der Waals surface area contributed by atoms with Crippen molar-refractivity contribution < 1.29 is 36.3 Å². The van der Waals surface area contributed by atoms with Crippen LogP contribution in [0.4, 0.5) is 20.2 Å². The van der Waals surface area contributed by atoms with Gasteiger partial charge in [-0.1, -0.05) is 35.9 Å². The van der Waals surface area contributed by atoms with Crippen LogP contribution in [0.2, 0.25) is 5.02 Å². The zero-order chi connectivity index (χ0) is 36.0. The molecule has 1 aliphatic heterocycles. The van der Waals surface area contributed by atoms with E-state index < -0.39 is 21.7 Å². The maximum absolute atomic E-state index is 14.8. The fraction of sp³-hybridized carbons (Fsp3) is 0.278. The minimum absolute atomic E-state index is 0.0786. The number of ether oxygens (including phenoxy) is 2. The Morgan fingerprint density at radius 3 is 2.34 bits per heavy atom. The molecule has 1 saturated heterocycles. The number of carbonyl (C=O) groups is 2. The molecule has 5 rings (SSSR count). The number of rotatable bonds is 13. The van der Waals surface area contributed by atoms with Crippen molar-refractivity contribution in [3.63, 3.8) is 0 Å². The van der Waals surface area contributed by atoms with E-state index in [1.165, 1.54) is 12.1 Å². The van der Waals surface area contributed by atoms with E-state index in [9.17, 15) is 26.8 Å². The number of piperidine rings is 1. The topological polar surface area (TPSA) is 131 Å². The Hall–Kier alpha value is -4.88. The van der Waals surface area contributed by atoms with Crippen LogP contribution in [0.3, 0.4) is 0 Å². The van der Waals surface area contributed by atoms with E-state index in [1.807, 2.05) is 17.0 Å². The van der Waals surface area contributed by atoms with Crippen molar-refractivity contribution >= 4 is 44.8 Å². The molecule has 264 valence electrons. The highest BCUT2D eigenvalue weighted by atomic mass is 35.5. The number of nitrogens with zero attached hydrogens (tertiary/aromatic N) is 2. The second kappa shape index (κ2) is 15.8. The first kappa shape index (κ1) is 36.4. The molecule has 0 aliphatic carbocycles. The molecule has 0 atom stereocenters. The lowest BCUT2D eigenvalue weighted by molar-refractivity contribution is -0.136. The molecule has 3 N–H and O–H groups in total. The van der Waals surface area contributed by atoms with Crippen molar-refractivity contribution in [1.29, 1.82) is 0 Å². The molecule has 1 aliphatic rings. The summed E-state index contributed by atoms with van der Waals surface area (Å²) in [5, 5.41) is 0.303. The van der Waals surface area contributed by atoms with Crippen molar-refractivity contribution in [3.8, 4) is 17.2 Å². The van der Waals surface area contributed by atoms with Crippen molar-refractivity contribution in [2.75, 3.05) is 35.6 Å². The number of halogens is 3. The van der Waals surface area contributed by atoms with Crippen LogP contribution >= 0.6 is 11.6 Å². The van der Waals surface area contributed by atoms with Gasteiger partial charge in [-0.2, -0.15) is 0 Å². The maximum atomic E-state index is 14.8. The van der Waals surface area contributed by atoms with Gasteiger partial charge in [-0.15, -0.1) is 0 Å². The minimum Gasteiger partial charge on any atom is -0.482 e. The Labute approximate surface area is 294 Å². The summed E-state index contributed by atoms with van der Waals surface area (Å²) in [5.74, 6) is -0.988. The lowest BCUT2D eigenvalue weighted by Crippen LogP contribution is -2.43. The van der Waals surface area contributed by atoms with E-state index in [0.29, 0.717) is 65.9 Å². The first-order chi connectivity index (χ1) is 23.8. The SMILES string of the molecule is Cc1c(NS(C)(=O)=O)cccc1N(Cc1ccc(Oc2ccc(Cl)c(OCC(=O)N3CCC(C(N)=O)CC3)c2)cc1)Cc1ccc(F)cc1F. The van der Waals surface area contributed by atoms with Crippen LogP contribution in [-0.4, -0.2) is 51.1 Å². The summed E-state index contributed by atoms with van der Waals surface area (Å²) in [6, 6.07) is 20.6. The predicted molar refractivity (Wildman–Crippen MR) is 188 cm³/mol. The zero-order valence-corrected chi connectivity index (χ0v) is 29.1. The molecule has 4 aromatic rings. The number of hydrogen-bond acceptors (Lipinski definition) is 7. The summed E-state index contributed by atoms with van der Waals surface area (Å²) in [6.45, 7) is 2.76. The largest absolute Gasteiger partial charge is 0.482 e. The lowest BCUT2D eigenvalue weighted by Gasteiger charge is -2.30. The Morgan fingerprint density at radius 1 is 0.980 bits per heavy atom. The normalized spacial score (nSPS) is 13.5. The summed E-state index contributed by atoms with van der Waals surface area (Å²) < 4.78 is 66.7. The number of carbonyl (C=O) groups excluding carboxylic acids is 2. The first-order valence-corrected chi connectivity index (χ1v) is 18.0. The van der Waals surface area contributed by atoms with E-state index in [2.05, 4.69) is 4.72 Å². The molecule has 0 bridgehead atoms. The van der Waals surface area contributed by atoms with Crippen LogP contribution in [0, 0.1) is 24.5 Å². The van der Waals surface area contributed by atoms with Crippen molar-refractivity contribution in [2.45, 2.75) is 32.9 Å². The molecular formula is C36H37ClF2N4O6S. The van der Waals surface area contributed by atoms with Gasteiger partial charge < -0.3 is 25.0 Å². The molecule has 0 saturated carbocycles. The maximum Gasteiger partial charge on any atom is 0.260 e. The van der Waals surface area contributed by atoms with Crippen LogP contribution in [0.1, 0.15) is 29.5 Å². The minimum atomic E-state index is -3.55. The second-order valence-electron chi connectivity index (χ2n) is 12.1. The second-order valence-corrected chi connectivity index (χ2v) is 14.3. The summed E-state index contributed by atoms with van der Waals surface area (Å²) in [6.07, 6.45) is 2.10. The average molecular weight is 727 g/mol. The lowest BCUT2D eigenvalue weighted by atomic mass is 9.96. The summed E-state index contributed by atoms with van der Waals surface area (Å²) in [5.41, 5.74) is 8.16. The quantitative estimate of drug-likeness (QED) is 0.163. The highest BCUT2D eigenvalue weighted by molar-refractivity contribution is 7.92. The Balaban J connectivity index is 1.28. The van der Waals surface area contributed by atoms with Gasteiger partial charge >= 0.3 is 0 Å². The molecule has 14 heteroatoms. The average Bonchev–Trinajstić information content (AvgIpc) is 3.07. The molecule has 10 nitrogen and oxygen atoms in total. The van der Waals surface area contributed by atoms with E-state index in [1.54, 1.807) is 60.4 Å². The number of nitrogens with two attached hydrogens (primary N) is 1. The third-order valence-electron chi connectivity index (χ3n) is 8.35. The standard InChI is InChI=1S/C36H37ClF2N4O6S/c1-23-32(41-50(2,46)47)4-3-5-33(23)43(21-26-8-9-27(38)18-31(26)39)20-24-6-10-28(11-7-24)49-29-12-13-30(37)34(19-29)48-22-35(44)42-16-14-25(15-17-42)36(40)45/h3-13,18-19,25,41H,14-17,20-22H2,1-2H3,(H2,40,45). The molecule has 0 aromatic heterocycles. The number of nitrogens with one attached hydrogen (secondary N) is 1. The molecule has 50 heavy (non-hydrogen) atoms. The Morgan fingerprint density at radius 2 is 1.68 bits per heavy atom. The molecule has 1 heterocycles. The molecule has 1 fully saturated rings. The van der Waals surface area contributed by atoms with Gasteiger partial charge in [0.1, 0.15) is 28.9 Å². The van der Waals surface area contributed by atoms with Crippen molar-refractivity contribution in [2.24, 2.45) is 11.7 Å². The van der Waals surface area contributed by atoms with Gasteiger partial charge in [-0.25, -0.2) is 17.2 Å². The van der Waals surface area contributed by atoms with Gasteiger partial charge in [0, 0.05) is 55.5 Å². The molecule has 0 radical (unpaired) electrons. The van der Waals surface area contributed by atoms with Crippen molar-refractivity contribution in [3.05, 3.63) is 112 Å². The Kier molecular flexibility index (Phi) is 11.5. The summed E-state index contributed by atoms with van der Waals surface area (Å²) in [7, 11) is -3.55. The van der Waals surface area contributed by atoms with E-state index in [0.717, 1.165) is 17.9 Å². The van der Waals surface area contributed by atoms with Gasteiger partial charge in [0.25, 0.3) is 5.91 Å². The number of likely N-dealkylation sites (tertiary alicyclic amines) is 1. The number of anilines is 2. The monoisotopic (exact) mass is 726 g/mol. The highest BCUT2D eigenvalue weighted by Gasteiger charge is 2.26. The van der Waals surface area contributed by atoms with Gasteiger partial charge in [0.15, 0.2) is 6.61 Å². The fourth-order valence-electron chi connectivity index (χ4n) is 5.68. The molecule has 0 unspecified atom stereocenters. The number of benzene rings is 4. The van der Waals surface area contributed by atoms with Crippen LogP contribution in [0.25, 0.3) is 0 Å². The summed E-state index contributed by atoms with van der Waals surface area (Å²) in [4.78, 5) is 27.6. The van der Waals surface area contributed by atoms with Gasteiger partial charge in [0.2, 0.25) is 15.9 Å². The summed E-state index contributed by atoms with van der Waals surface area (Å²) >= 11 is 6.33. The fourth-order valence-corrected chi connectivity index (χ4v) is 6.47. The van der Waals surface area contributed by atoms with Gasteiger partial charge in [-0.3, -0.25) is 14.3 Å². The number of hydrogen-bond donors (Lipinski definition) is 2.